The Kier molecular flexibility index (Phi) is 3.96. The highest BCUT2D eigenvalue weighted by molar-refractivity contribution is 9.10. The quantitative estimate of drug-likeness (QED) is 0.666. The van der Waals surface area contributed by atoms with E-state index in [2.05, 4.69) is 31.3 Å². The Morgan fingerprint density at radius 3 is 2.61 bits per heavy atom. The summed E-state index contributed by atoms with van der Waals surface area (Å²) in [7, 11) is 1.57. The van der Waals surface area contributed by atoms with Gasteiger partial charge in [0, 0.05) is 0 Å². The molecule has 0 radical (unpaired) electrons. The van der Waals surface area contributed by atoms with Gasteiger partial charge in [-0.25, -0.2) is 15.8 Å². The van der Waals surface area contributed by atoms with Gasteiger partial charge in [-0.3, -0.25) is 0 Å². The molecule has 0 atom stereocenters. The number of nitrogens with one attached hydrogen (secondary N) is 1. The Balaban J connectivity index is 2.34. The molecule has 0 aliphatic rings. The van der Waals surface area contributed by atoms with Crippen molar-refractivity contribution in [3.8, 4) is 17.4 Å². The summed E-state index contributed by atoms with van der Waals surface area (Å²) in [5.41, 5.74) is 2.44. The van der Waals surface area contributed by atoms with E-state index in [0.717, 1.165) is 0 Å². The first-order chi connectivity index (χ1) is 8.76. The van der Waals surface area contributed by atoms with Crippen LogP contribution in [-0.2, 0) is 0 Å². The van der Waals surface area contributed by atoms with Crippen LogP contribution in [0.4, 0.5) is 5.82 Å². The summed E-state index contributed by atoms with van der Waals surface area (Å²) in [6.07, 6.45) is 1.35. The summed E-state index contributed by atoms with van der Waals surface area (Å²) in [6, 6.07) is 7.28. The number of nitrogens with zero attached hydrogens (tertiary/aromatic N) is 2. The third kappa shape index (κ3) is 2.52. The van der Waals surface area contributed by atoms with Crippen molar-refractivity contribution < 1.29 is 9.47 Å². The summed E-state index contributed by atoms with van der Waals surface area (Å²) in [5.74, 6) is 7.28. The van der Waals surface area contributed by atoms with E-state index in [0.29, 0.717) is 27.7 Å². The third-order valence-electron chi connectivity index (χ3n) is 2.17. The Hall–Kier alpha value is -1.86. The molecule has 7 heteroatoms. The van der Waals surface area contributed by atoms with E-state index in [1.54, 1.807) is 19.2 Å². The molecule has 0 aliphatic carbocycles. The van der Waals surface area contributed by atoms with E-state index in [1.807, 2.05) is 12.1 Å². The number of hydrogen-bond donors (Lipinski definition) is 2. The number of halogens is 1. The molecule has 0 saturated heterocycles. The molecule has 0 bridgehead atoms. The number of anilines is 1. The number of hydrazine groups is 1. The lowest BCUT2D eigenvalue weighted by molar-refractivity contribution is 0.373. The summed E-state index contributed by atoms with van der Waals surface area (Å²) in [6.45, 7) is 0. The molecule has 94 valence electrons. The van der Waals surface area contributed by atoms with Crippen molar-refractivity contribution in [1.82, 2.24) is 9.97 Å². The van der Waals surface area contributed by atoms with Crippen LogP contribution < -0.4 is 20.7 Å². The molecule has 1 aromatic carbocycles. The number of benzene rings is 1. The lowest BCUT2D eigenvalue weighted by Gasteiger charge is -2.11. The highest BCUT2D eigenvalue weighted by Crippen LogP contribution is 2.35. The number of ether oxygens (including phenoxy) is 2. The molecule has 2 rings (SSSR count). The maximum atomic E-state index is 5.66. The van der Waals surface area contributed by atoms with Crippen molar-refractivity contribution in [2.75, 3.05) is 12.5 Å². The Bertz CT molecular complexity index is 550. The zero-order chi connectivity index (χ0) is 13.0. The second-order valence-corrected chi connectivity index (χ2v) is 4.03. The van der Waals surface area contributed by atoms with Gasteiger partial charge in [0.15, 0.2) is 17.3 Å². The second-order valence-electron chi connectivity index (χ2n) is 3.24. The topological polar surface area (TPSA) is 82.3 Å². The molecule has 3 N–H and O–H groups in total. The highest BCUT2D eigenvalue weighted by atomic mass is 79.9. The normalized spacial score (nSPS) is 9.94. The zero-order valence-corrected chi connectivity index (χ0v) is 11.1. The molecule has 0 fully saturated rings. The van der Waals surface area contributed by atoms with Gasteiger partial charge in [-0.2, -0.15) is 0 Å². The van der Waals surface area contributed by atoms with Crippen molar-refractivity contribution >= 4 is 21.7 Å². The third-order valence-corrected chi connectivity index (χ3v) is 2.88. The van der Waals surface area contributed by atoms with Crippen LogP contribution >= 0.6 is 15.9 Å². The molecule has 18 heavy (non-hydrogen) atoms. The van der Waals surface area contributed by atoms with Gasteiger partial charge in [0.2, 0.25) is 5.88 Å². The number of hydrogen-bond acceptors (Lipinski definition) is 6. The maximum Gasteiger partial charge on any atom is 0.239 e. The second kappa shape index (κ2) is 5.65. The fourth-order valence-corrected chi connectivity index (χ4v) is 1.73. The zero-order valence-electron chi connectivity index (χ0n) is 9.55. The molecule has 0 saturated carbocycles. The van der Waals surface area contributed by atoms with Crippen LogP contribution in [-0.4, -0.2) is 17.1 Å². The van der Waals surface area contributed by atoms with Crippen LogP contribution in [0.2, 0.25) is 0 Å². The van der Waals surface area contributed by atoms with Crippen molar-refractivity contribution in [1.29, 1.82) is 0 Å². The number of para-hydroxylation sites is 2. The van der Waals surface area contributed by atoms with Crippen LogP contribution in [0.1, 0.15) is 0 Å². The number of methoxy groups -OCH3 is 1. The first kappa shape index (κ1) is 12.6. The SMILES string of the molecule is COc1ccccc1Oc1ncnc(NN)c1Br. The van der Waals surface area contributed by atoms with E-state index < -0.39 is 0 Å². The van der Waals surface area contributed by atoms with Crippen LogP contribution in [0, 0.1) is 0 Å². The number of nitrogen functional groups attached to an aromatic ring is 1. The minimum Gasteiger partial charge on any atom is -0.493 e. The van der Waals surface area contributed by atoms with E-state index in [1.165, 1.54) is 6.33 Å². The van der Waals surface area contributed by atoms with Gasteiger partial charge >= 0.3 is 0 Å². The summed E-state index contributed by atoms with van der Waals surface area (Å²) >= 11 is 3.31. The number of nitrogens with two attached hydrogens (primary N) is 1. The molecule has 6 nitrogen and oxygen atoms in total. The molecule has 0 aliphatic heterocycles. The van der Waals surface area contributed by atoms with E-state index in [4.69, 9.17) is 15.3 Å². The van der Waals surface area contributed by atoms with Crippen molar-refractivity contribution in [3.63, 3.8) is 0 Å². The lowest BCUT2D eigenvalue weighted by Crippen LogP contribution is -2.09. The molecule has 0 amide bonds. The Morgan fingerprint density at radius 1 is 1.22 bits per heavy atom. The molecule has 1 heterocycles. The monoisotopic (exact) mass is 310 g/mol. The van der Waals surface area contributed by atoms with E-state index >= 15 is 0 Å². The van der Waals surface area contributed by atoms with Gasteiger partial charge in [0.25, 0.3) is 0 Å². The minimum atomic E-state index is 0.349. The van der Waals surface area contributed by atoms with Gasteiger partial charge in [0.1, 0.15) is 10.8 Å². The lowest BCUT2D eigenvalue weighted by atomic mass is 10.3. The molecule has 0 spiro atoms. The van der Waals surface area contributed by atoms with Gasteiger partial charge in [-0.15, -0.1) is 0 Å². The smallest absolute Gasteiger partial charge is 0.239 e. The van der Waals surface area contributed by atoms with Gasteiger partial charge < -0.3 is 14.9 Å². The van der Waals surface area contributed by atoms with E-state index in [9.17, 15) is 0 Å². The number of rotatable bonds is 4. The summed E-state index contributed by atoms with van der Waals surface area (Å²) in [4.78, 5) is 7.96. The van der Waals surface area contributed by atoms with Crippen molar-refractivity contribution in [2.24, 2.45) is 5.84 Å². The van der Waals surface area contributed by atoms with Crippen LogP contribution in [0.3, 0.4) is 0 Å². The fraction of sp³-hybridized carbons (Fsp3) is 0.0909. The first-order valence-corrected chi connectivity index (χ1v) is 5.83. The Labute approximate surface area is 112 Å². The summed E-state index contributed by atoms with van der Waals surface area (Å²) < 4.78 is 11.4. The van der Waals surface area contributed by atoms with Gasteiger partial charge in [0.05, 0.1) is 7.11 Å². The van der Waals surface area contributed by atoms with Gasteiger partial charge in [-0.05, 0) is 28.1 Å². The summed E-state index contributed by atoms with van der Waals surface area (Å²) in [5, 5.41) is 0. The molecular weight excluding hydrogens is 300 g/mol. The predicted molar refractivity (Wildman–Crippen MR) is 70.6 cm³/mol. The average molecular weight is 311 g/mol. The minimum absolute atomic E-state index is 0.349. The van der Waals surface area contributed by atoms with Gasteiger partial charge in [-0.1, -0.05) is 12.1 Å². The maximum absolute atomic E-state index is 5.66. The van der Waals surface area contributed by atoms with Crippen molar-refractivity contribution in [3.05, 3.63) is 35.1 Å². The van der Waals surface area contributed by atoms with E-state index in [-0.39, 0.29) is 0 Å². The predicted octanol–water partition coefficient (Wildman–Crippen LogP) is 2.33. The van der Waals surface area contributed by atoms with Crippen LogP contribution in [0.5, 0.6) is 17.4 Å². The largest absolute Gasteiger partial charge is 0.493 e. The van der Waals surface area contributed by atoms with Crippen molar-refractivity contribution in [2.45, 2.75) is 0 Å². The molecule has 1 aromatic heterocycles. The fourth-order valence-electron chi connectivity index (χ4n) is 1.33. The standard InChI is InChI=1S/C11H11BrN4O2/c1-17-7-4-2-3-5-8(7)18-11-9(12)10(16-13)14-6-15-11/h2-6H,13H2,1H3,(H,14,15,16). The molecule has 0 unspecified atom stereocenters. The van der Waals surface area contributed by atoms with Crippen LogP contribution in [0.25, 0.3) is 0 Å². The first-order valence-electron chi connectivity index (χ1n) is 5.04. The molecular formula is C11H11BrN4O2. The average Bonchev–Trinajstić information content (AvgIpc) is 2.42. The van der Waals surface area contributed by atoms with Crippen LogP contribution in [0.15, 0.2) is 35.1 Å². The number of aromatic nitrogens is 2. The highest BCUT2D eigenvalue weighted by Gasteiger charge is 2.12. The Morgan fingerprint density at radius 2 is 1.94 bits per heavy atom. The molecule has 2 aromatic rings.